The number of Topliss-reactive ketones (excluding diaryl/α,β-unsaturated/α-hetero) is 1. The van der Waals surface area contributed by atoms with Crippen LogP contribution in [-0.4, -0.2) is 49.6 Å². The molecule has 0 aliphatic carbocycles. The number of piperidine rings is 1. The van der Waals surface area contributed by atoms with Gasteiger partial charge in [-0.15, -0.1) is 0 Å². The van der Waals surface area contributed by atoms with Crippen LogP contribution in [0.1, 0.15) is 36.0 Å². The van der Waals surface area contributed by atoms with Gasteiger partial charge in [0.15, 0.2) is 5.78 Å². The summed E-state index contributed by atoms with van der Waals surface area (Å²) in [6.07, 6.45) is 2.58. The number of hydrogen-bond acceptors (Lipinski definition) is 4. The number of sulfone groups is 1. The SMILES string of the molecule is CS(=O)(=O)C1CCN(C(=O)CCC(=O)c2ccccc2)CC1. The van der Waals surface area contributed by atoms with Gasteiger partial charge in [0.1, 0.15) is 9.84 Å². The van der Waals surface area contributed by atoms with E-state index < -0.39 is 9.84 Å². The molecule has 0 aromatic heterocycles. The second kappa shape index (κ2) is 7.05. The van der Waals surface area contributed by atoms with Crippen LogP contribution in [0.25, 0.3) is 0 Å². The highest BCUT2D eigenvalue weighted by Gasteiger charge is 2.28. The quantitative estimate of drug-likeness (QED) is 0.773. The summed E-state index contributed by atoms with van der Waals surface area (Å²) in [6, 6.07) is 8.92. The van der Waals surface area contributed by atoms with Gasteiger partial charge in [0.25, 0.3) is 0 Å². The van der Waals surface area contributed by atoms with Gasteiger partial charge in [0.2, 0.25) is 5.91 Å². The highest BCUT2D eigenvalue weighted by Crippen LogP contribution is 2.18. The zero-order chi connectivity index (χ0) is 16.2. The largest absolute Gasteiger partial charge is 0.343 e. The van der Waals surface area contributed by atoms with Crippen molar-refractivity contribution in [1.82, 2.24) is 4.90 Å². The predicted octanol–water partition coefficient (Wildman–Crippen LogP) is 1.69. The summed E-state index contributed by atoms with van der Waals surface area (Å²) in [4.78, 5) is 25.7. The molecule has 1 fully saturated rings. The second-order valence-electron chi connectivity index (χ2n) is 5.70. The lowest BCUT2D eigenvalue weighted by Gasteiger charge is -2.31. The van der Waals surface area contributed by atoms with Crippen LogP contribution in [0.3, 0.4) is 0 Å². The van der Waals surface area contributed by atoms with Crippen molar-refractivity contribution in [2.45, 2.75) is 30.9 Å². The van der Waals surface area contributed by atoms with Gasteiger partial charge in [-0.05, 0) is 12.8 Å². The molecule has 1 saturated heterocycles. The minimum absolute atomic E-state index is 0.0417. The highest BCUT2D eigenvalue weighted by atomic mass is 32.2. The zero-order valence-corrected chi connectivity index (χ0v) is 13.5. The molecule has 5 nitrogen and oxygen atoms in total. The number of benzene rings is 1. The van der Waals surface area contributed by atoms with Gasteiger partial charge in [-0.3, -0.25) is 9.59 Å². The van der Waals surface area contributed by atoms with Crippen molar-refractivity contribution >= 4 is 21.5 Å². The summed E-state index contributed by atoms with van der Waals surface area (Å²) >= 11 is 0. The number of amides is 1. The third-order valence-electron chi connectivity index (χ3n) is 4.06. The van der Waals surface area contributed by atoms with Gasteiger partial charge in [0, 0.05) is 37.8 Å². The summed E-state index contributed by atoms with van der Waals surface area (Å²) in [7, 11) is -3.03. The lowest BCUT2D eigenvalue weighted by atomic mass is 10.1. The van der Waals surface area contributed by atoms with Crippen LogP contribution in [0.15, 0.2) is 30.3 Å². The molecular formula is C16H21NO4S. The molecule has 1 aromatic rings. The lowest BCUT2D eigenvalue weighted by molar-refractivity contribution is -0.132. The average molecular weight is 323 g/mol. The highest BCUT2D eigenvalue weighted by molar-refractivity contribution is 7.91. The molecule has 1 amide bonds. The third kappa shape index (κ3) is 4.40. The summed E-state index contributed by atoms with van der Waals surface area (Å²) < 4.78 is 23.0. The van der Waals surface area contributed by atoms with Gasteiger partial charge < -0.3 is 4.90 Å². The number of hydrogen-bond donors (Lipinski definition) is 0. The fourth-order valence-corrected chi connectivity index (χ4v) is 3.75. The number of ketones is 1. The predicted molar refractivity (Wildman–Crippen MR) is 84.5 cm³/mol. The second-order valence-corrected chi connectivity index (χ2v) is 8.02. The third-order valence-corrected chi connectivity index (χ3v) is 5.74. The Bertz CT molecular complexity index is 631. The first kappa shape index (κ1) is 16.7. The summed E-state index contributed by atoms with van der Waals surface area (Å²) in [5.41, 5.74) is 0.617. The molecule has 1 aliphatic heterocycles. The number of carbonyl (C=O) groups is 2. The monoisotopic (exact) mass is 323 g/mol. The van der Waals surface area contributed by atoms with E-state index in [-0.39, 0.29) is 29.8 Å². The first-order valence-corrected chi connectivity index (χ1v) is 9.38. The smallest absolute Gasteiger partial charge is 0.223 e. The molecular weight excluding hydrogens is 302 g/mol. The fourth-order valence-electron chi connectivity index (χ4n) is 2.68. The Morgan fingerprint density at radius 2 is 1.68 bits per heavy atom. The van der Waals surface area contributed by atoms with Crippen molar-refractivity contribution in [2.75, 3.05) is 19.3 Å². The van der Waals surface area contributed by atoms with Crippen LogP contribution in [0.2, 0.25) is 0 Å². The molecule has 0 atom stereocenters. The van der Waals surface area contributed by atoms with Crippen molar-refractivity contribution in [3.05, 3.63) is 35.9 Å². The van der Waals surface area contributed by atoms with E-state index >= 15 is 0 Å². The van der Waals surface area contributed by atoms with Crippen molar-refractivity contribution in [3.63, 3.8) is 0 Å². The molecule has 2 rings (SSSR count). The number of nitrogens with zero attached hydrogens (tertiary/aromatic N) is 1. The maximum atomic E-state index is 12.1. The van der Waals surface area contributed by atoms with Gasteiger partial charge >= 0.3 is 0 Å². The van der Waals surface area contributed by atoms with E-state index in [0.29, 0.717) is 31.5 Å². The molecule has 6 heteroatoms. The van der Waals surface area contributed by atoms with Crippen LogP contribution in [-0.2, 0) is 14.6 Å². The Labute approximate surface area is 131 Å². The minimum Gasteiger partial charge on any atom is -0.343 e. The fraction of sp³-hybridized carbons (Fsp3) is 0.500. The van der Waals surface area contributed by atoms with Gasteiger partial charge in [0.05, 0.1) is 5.25 Å². The molecule has 0 N–H and O–H groups in total. The van der Waals surface area contributed by atoms with Crippen molar-refractivity contribution < 1.29 is 18.0 Å². The molecule has 0 spiro atoms. The maximum Gasteiger partial charge on any atom is 0.223 e. The van der Waals surface area contributed by atoms with Crippen molar-refractivity contribution in [2.24, 2.45) is 0 Å². The van der Waals surface area contributed by atoms with E-state index in [2.05, 4.69) is 0 Å². The summed E-state index contributed by atoms with van der Waals surface area (Å²) in [5, 5.41) is -0.345. The van der Waals surface area contributed by atoms with E-state index in [9.17, 15) is 18.0 Å². The average Bonchev–Trinajstić information content (AvgIpc) is 2.52. The van der Waals surface area contributed by atoms with Crippen LogP contribution in [0, 0.1) is 0 Å². The minimum atomic E-state index is -3.03. The van der Waals surface area contributed by atoms with E-state index in [1.807, 2.05) is 6.07 Å². The van der Waals surface area contributed by atoms with E-state index in [1.165, 1.54) is 6.26 Å². The molecule has 0 radical (unpaired) electrons. The molecule has 0 saturated carbocycles. The summed E-state index contributed by atoms with van der Waals surface area (Å²) in [6.45, 7) is 0.909. The molecule has 1 aliphatic rings. The first-order chi connectivity index (χ1) is 10.4. The van der Waals surface area contributed by atoms with Crippen LogP contribution in [0.4, 0.5) is 0 Å². The Hall–Kier alpha value is -1.69. The zero-order valence-electron chi connectivity index (χ0n) is 12.7. The van der Waals surface area contributed by atoms with E-state index in [1.54, 1.807) is 29.2 Å². The number of likely N-dealkylation sites (tertiary alicyclic amines) is 1. The van der Waals surface area contributed by atoms with E-state index in [0.717, 1.165) is 0 Å². The Morgan fingerprint density at radius 1 is 1.09 bits per heavy atom. The lowest BCUT2D eigenvalue weighted by Crippen LogP contribution is -2.42. The molecule has 0 unspecified atom stereocenters. The van der Waals surface area contributed by atoms with Crippen LogP contribution >= 0.6 is 0 Å². The van der Waals surface area contributed by atoms with Gasteiger partial charge in [-0.1, -0.05) is 30.3 Å². The Balaban J connectivity index is 1.81. The summed E-state index contributed by atoms with van der Waals surface area (Å²) in [5.74, 6) is -0.115. The molecule has 1 aromatic carbocycles. The Kier molecular flexibility index (Phi) is 5.34. The van der Waals surface area contributed by atoms with Crippen LogP contribution < -0.4 is 0 Å². The number of rotatable bonds is 5. The van der Waals surface area contributed by atoms with Gasteiger partial charge in [-0.2, -0.15) is 0 Å². The molecule has 120 valence electrons. The topological polar surface area (TPSA) is 71.5 Å². The molecule has 22 heavy (non-hydrogen) atoms. The van der Waals surface area contributed by atoms with E-state index in [4.69, 9.17) is 0 Å². The standard InChI is InChI=1S/C16H21NO4S/c1-22(20,21)14-9-11-17(12-10-14)16(19)8-7-15(18)13-5-3-2-4-6-13/h2-6,14H,7-12H2,1H3. The van der Waals surface area contributed by atoms with Gasteiger partial charge in [-0.25, -0.2) is 8.42 Å². The molecule has 1 heterocycles. The first-order valence-electron chi connectivity index (χ1n) is 7.43. The normalized spacial score (nSPS) is 16.5. The van der Waals surface area contributed by atoms with Crippen LogP contribution in [0.5, 0.6) is 0 Å². The maximum absolute atomic E-state index is 12.1. The van der Waals surface area contributed by atoms with Crippen molar-refractivity contribution in [3.8, 4) is 0 Å². The van der Waals surface area contributed by atoms with Crippen molar-refractivity contribution in [1.29, 1.82) is 0 Å². The number of carbonyl (C=O) groups excluding carboxylic acids is 2. The Morgan fingerprint density at radius 3 is 2.23 bits per heavy atom. The molecule has 0 bridgehead atoms.